The summed E-state index contributed by atoms with van der Waals surface area (Å²) in [5.41, 5.74) is 1.53. The van der Waals surface area contributed by atoms with Crippen LogP contribution in [0.5, 0.6) is 0 Å². The van der Waals surface area contributed by atoms with Crippen molar-refractivity contribution < 1.29 is 8.78 Å². The van der Waals surface area contributed by atoms with Crippen LogP contribution in [0.1, 0.15) is 24.8 Å². The minimum atomic E-state index is -0.797. The minimum absolute atomic E-state index is 0.168. The van der Waals surface area contributed by atoms with Gasteiger partial charge in [-0.2, -0.15) is 0 Å². The SMILES string of the molecule is CC1CC(c2ccc(Cl)cc2)CN1c1cccc(F)c1F. The van der Waals surface area contributed by atoms with Crippen molar-refractivity contribution in [3.8, 4) is 0 Å². The second-order valence-electron chi connectivity index (χ2n) is 5.56. The van der Waals surface area contributed by atoms with Crippen LogP contribution in [0.4, 0.5) is 14.5 Å². The quantitative estimate of drug-likeness (QED) is 0.754. The van der Waals surface area contributed by atoms with Crippen molar-refractivity contribution in [1.82, 2.24) is 0 Å². The summed E-state index contributed by atoms with van der Waals surface area (Å²) in [6.45, 7) is 2.73. The van der Waals surface area contributed by atoms with Gasteiger partial charge in [-0.15, -0.1) is 0 Å². The summed E-state index contributed by atoms with van der Waals surface area (Å²) in [5, 5.41) is 0.706. The molecule has 0 aliphatic carbocycles. The summed E-state index contributed by atoms with van der Waals surface area (Å²) in [4.78, 5) is 1.94. The molecule has 4 heteroatoms. The molecule has 1 fully saturated rings. The third-order valence-electron chi connectivity index (χ3n) is 4.16. The van der Waals surface area contributed by atoms with E-state index in [1.807, 2.05) is 36.1 Å². The highest BCUT2D eigenvalue weighted by atomic mass is 35.5. The lowest BCUT2D eigenvalue weighted by Gasteiger charge is -2.24. The van der Waals surface area contributed by atoms with Crippen LogP contribution < -0.4 is 4.90 Å². The normalized spacial score (nSPS) is 21.8. The first kappa shape index (κ1) is 14.3. The van der Waals surface area contributed by atoms with Gasteiger partial charge in [0.1, 0.15) is 0 Å². The molecular formula is C17H16ClF2N. The monoisotopic (exact) mass is 307 g/mol. The first-order chi connectivity index (χ1) is 10.1. The first-order valence-electron chi connectivity index (χ1n) is 7.02. The fourth-order valence-electron chi connectivity index (χ4n) is 3.06. The van der Waals surface area contributed by atoms with Gasteiger partial charge in [-0.25, -0.2) is 8.78 Å². The summed E-state index contributed by atoms with van der Waals surface area (Å²) in [5.74, 6) is -1.25. The Hall–Kier alpha value is -1.61. The Balaban J connectivity index is 1.86. The van der Waals surface area contributed by atoms with Gasteiger partial charge in [-0.3, -0.25) is 0 Å². The van der Waals surface area contributed by atoms with E-state index in [4.69, 9.17) is 11.6 Å². The largest absolute Gasteiger partial charge is 0.366 e. The Kier molecular flexibility index (Phi) is 3.85. The molecule has 2 aromatic carbocycles. The van der Waals surface area contributed by atoms with Gasteiger partial charge < -0.3 is 4.90 Å². The van der Waals surface area contributed by atoms with Gasteiger partial charge in [0.25, 0.3) is 0 Å². The molecule has 2 aromatic rings. The lowest BCUT2D eigenvalue weighted by Crippen LogP contribution is -2.27. The number of hydrogen-bond acceptors (Lipinski definition) is 1. The lowest BCUT2D eigenvalue weighted by atomic mass is 9.97. The maximum absolute atomic E-state index is 14.0. The van der Waals surface area contributed by atoms with Gasteiger partial charge in [0, 0.05) is 23.5 Å². The van der Waals surface area contributed by atoms with Gasteiger partial charge in [0.2, 0.25) is 0 Å². The van der Waals surface area contributed by atoms with E-state index in [9.17, 15) is 8.78 Å². The van der Waals surface area contributed by atoms with Crippen molar-refractivity contribution in [3.05, 3.63) is 64.7 Å². The standard InChI is InChI=1S/C17H16ClF2N/c1-11-9-13(12-5-7-14(18)8-6-12)10-21(11)16-4-2-3-15(19)17(16)20/h2-8,11,13H,9-10H2,1H3. The molecular weight excluding hydrogens is 292 g/mol. The van der Waals surface area contributed by atoms with Gasteiger partial charge in [-0.05, 0) is 43.2 Å². The van der Waals surface area contributed by atoms with E-state index in [1.54, 1.807) is 12.1 Å². The van der Waals surface area contributed by atoms with Gasteiger partial charge in [-0.1, -0.05) is 29.8 Å². The number of halogens is 3. The van der Waals surface area contributed by atoms with E-state index in [0.717, 1.165) is 12.5 Å². The van der Waals surface area contributed by atoms with Crippen LogP contribution in [-0.4, -0.2) is 12.6 Å². The number of anilines is 1. The highest BCUT2D eigenvalue weighted by Gasteiger charge is 2.32. The molecule has 1 saturated heterocycles. The number of nitrogens with zero attached hydrogens (tertiary/aromatic N) is 1. The van der Waals surface area contributed by atoms with Crippen LogP contribution in [0.3, 0.4) is 0 Å². The van der Waals surface area contributed by atoms with Crippen LogP contribution in [-0.2, 0) is 0 Å². The van der Waals surface area contributed by atoms with Crippen molar-refractivity contribution in [2.75, 3.05) is 11.4 Å². The van der Waals surface area contributed by atoms with Gasteiger partial charge in [0.15, 0.2) is 11.6 Å². The van der Waals surface area contributed by atoms with E-state index in [-0.39, 0.29) is 6.04 Å². The first-order valence-corrected chi connectivity index (χ1v) is 7.40. The number of rotatable bonds is 2. The van der Waals surface area contributed by atoms with E-state index >= 15 is 0 Å². The van der Waals surface area contributed by atoms with Crippen molar-refractivity contribution >= 4 is 17.3 Å². The third-order valence-corrected chi connectivity index (χ3v) is 4.41. The van der Waals surface area contributed by atoms with Crippen LogP contribution in [0.15, 0.2) is 42.5 Å². The molecule has 1 nitrogen and oxygen atoms in total. The zero-order valence-corrected chi connectivity index (χ0v) is 12.4. The maximum atomic E-state index is 14.0. The molecule has 1 heterocycles. The van der Waals surface area contributed by atoms with Crippen LogP contribution >= 0.6 is 11.6 Å². The van der Waals surface area contributed by atoms with E-state index in [2.05, 4.69) is 0 Å². The van der Waals surface area contributed by atoms with Crippen molar-refractivity contribution in [1.29, 1.82) is 0 Å². The van der Waals surface area contributed by atoms with Crippen molar-refractivity contribution in [2.24, 2.45) is 0 Å². The molecule has 0 N–H and O–H groups in total. The Morgan fingerprint density at radius 2 is 1.81 bits per heavy atom. The molecule has 1 aliphatic heterocycles. The number of hydrogen-bond donors (Lipinski definition) is 0. The van der Waals surface area contributed by atoms with Crippen molar-refractivity contribution in [3.63, 3.8) is 0 Å². The molecule has 21 heavy (non-hydrogen) atoms. The summed E-state index contributed by atoms with van der Waals surface area (Å²) >= 11 is 5.91. The zero-order valence-electron chi connectivity index (χ0n) is 11.7. The second-order valence-corrected chi connectivity index (χ2v) is 5.99. The molecule has 0 aromatic heterocycles. The minimum Gasteiger partial charge on any atom is -0.366 e. The van der Waals surface area contributed by atoms with E-state index in [0.29, 0.717) is 23.2 Å². The molecule has 0 spiro atoms. The predicted molar refractivity (Wildman–Crippen MR) is 82.0 cm³/mol. The molecule has 3 rings (SSSR count). The Bertz CT molecular complexity index is 642. The average molecular weight is 308 g/mol. The third kappa shape index (κ3) is 2.75. The van der Waals surface area contributed by atoms with Crippen molar-refractivity contribution in [2.45, 2.75) is 25.3 Å². The maximum Gasteiger partial charge on any atom is 0.182 e. The Morgan fingerprint density at radius 3 is 2.52 bits per heavy atom. The smallest absolute Gasteiger partial charge is 0.182 e. The molecule has 0 radical (unpaired) electrons. The highest BCUT2D eigenvalue weighted by molar-refractivity contribution is 6.30. The zero-order chi connectivity index (χ0) is 15.0. The molecule has 2 unspecified atom stereocenters. The summed E-state index contributed by atoms with van der Waals surface area (Å²) in [6, 6.07) is 12.3. The van der Waals surface area contributed by atoms with Crippen LogP contribution in [0.25, 0.3) is 0 Å². The topological polar surface area (TPSA) is 3.24 Å². The summed E-state index contributed by atoms with van der Waals surface area (Å²) < 4.78 is 27.4. The average Bonchev–Trinajstić information content (AvgIpc) is 2.84. The van der Waals surface area contributed by atoms with Crippen LogP contribution in [0, 0.1) is 11.6 Å². The van der Waals surface area contributed by atoms with Gasteiger partial charge >= 0.3 is 0 Å². The fraction of sp³-hybridized carbons (Fsp3) is 0.294. The van der Waals surface area contributed by atoms with Gasteiger partial charge in [0.05, 0.1) is 5.69 Å². The Labute approximate surface area is 128 Å². The molecule has 0 bridgehead atoms. The Morgan fingerprint density at radius 1 is 1.10 bits per heavy atom. The molecule has 110 valence electrons. The summed E-state index contributed by atoms with van der Waals surface area (Å²) in [6.07, 6.45) is 0.914. The molecule has 2 atom stereocenters. The molecule has 1 aliphatic rings. The van der Waals surface area contributed by atoms with E-state index in [1.165, 1.54) is 5.56 Å². The molecule has 0 amide bonds. The predicted octanol–water partition coefficient (Wildman–Crippen LogP) is 5.00. The summed E-state index contributed by atoms with van der Waals surface area (Å²) in [7, 11) is 0. The second kappa shape index (κ2) is 5.64. The number of benzene rings is 2. The fourth-order valence-corrected chi connectivity index (χ4v) is 3.18. The van der Waals surface area contributed by atoms with Crippen LogP contribution in [0.2, 0.25) is 5.02 Å². The highest BCUT2D eigenvalue weighted by Crippen LogP contribution is 2.36. The molecule has 0 saturated carbocycles. The lowest BCUT2D eigenvalue weighted by molar-refractivity contribution is 0.505. The van der Waals surface area contributed by atoms with E-state index < -0.39 is 11.6 Å².